The topological polar surface area (TPSA) is 58.1 Å². The van der Waals surface area contributed by atoms with Gasteiger partial charge in [0.05, 0.1) is 26.4 Å². The summed E-state index contributed by atoms with van der Waals surface area (Å²) in [5, 5.41) is 6.91. The number of morpholine rings is 1. The highest BCUT2D eigenvalue weighted by molar-refractivity contribution is 5.79. The summed E-state index contributed by atoms with van der Waals surface area (Å²) in [5.41, 5.74) is 3.59. The number of benzene rings is 2. The number of aryl methyl sites for hydroxylation is 1. The summed E-state index contributed by atoms with van der Waals surface area (Å²) in [7, 11) is 3.51. The van der Waals surface area contributed by atoms with Crippen LogP contribution in [-0.2, 0) is 11.3 Å². The number of methoxy groups -OCH3 is 1. The minimum atomic E-state index is 0.271. The molecule has 0 bridgehead atoms. The van der Waals surface area contributed by atoms with Crippen molar-refractivity contribution in [2.24, 2.45) is 4.99 Å². The minimum Gasteiger partial charge on any atom is -0.496 e. The molecular weight excluding hydrogens is 364 g/mol. The molecule has 29 heavy (non-hydrogen) atoms. The van der Waals surface area contributed by atoms with Crippen LogP contribution in [0.3, 0.4) is 0 Å². The minimum absolute atomic E-state index is 0.271. The third kappa shape index (κ3) is 5.95. The molecule has 2 aromatic carbocycles. The van der Waals surface area contributed by atoms with E-state index in [1.165, 1.54) is 11.1 Å². The maximum atomic E-state index is 5.54. The molecule has 1 fully saturated rings. The van der Waals surface area contributed by atoms with Crippen LogP contribution < -0.4 is 15.4 Å². The molecule has 2 N–H and O–H groups in total. The van der Waals surface area contributed by atoms with E-state index in [0.29, 0.717) is 6.54 Å². The van der Waals surface area contributed by atoms with Gasteiger partial charge in [-0.15, -0.1) is 0 Å². The molecule has 1 aliphatic heterocycles. The quantitative estimate of drug-likeness (QED) is 0.557. The molecule has 0 amide bonds. The van der Waals surface area contributed by atoms with Crippen LogP contribution in [0, 0.1) is 6.92 Å². The van der Waals surface area contributed by atoms with Crippen molar-refractivity contribution in [1.29, 1.82) is 0 Å². The highest BCUT2D eigenvalue weighted by Crippen LogP contribution is 2.21. The molecule has 1 saturated heterocycles. The van der Waals surface area contributed by atoms with Gasteiger partial charge >= 0.3 is 0 Å². The number of hydrogen-bond acceptors (Lipinski definition) is 4. The lowest BCUT2D eigenvalue weighted by Gasteiger charge is -2.35. The zero-order chi connectivity index (χ0) is 20.5. The molecule has 0 spiro atoms. The standard InChI is InChI=1S/C23H32N4O2/c1-18-9-10-20(22(15-18)28-3)16-25-23(24-2)26-17-21(19-7-5-4-6-8-19)27-11-13-29-14-12-27/h4-10,15,21H,11-14,16-17H2,1-3H3,(H2,24,25,26). The highest BCUT2D eigenvalue weighted by atomic mass is 16.5. The maximum absolute atomic E-state index is 5.54. The van der Waals surface area contributed by atoms with E-state index in [1.54, 1.807) is 14.2 Å². The second kappa shape index (κ2) is 10.8. The van der Waals surface area contributed by atoms with Crippen molar-refractivity contribution in [1.82, 2.24) is 15.5 Å². The van der Waals surface area contributed by atoms with Crippen molar-refractivity contribution < 1.29 is 9.47 Å². The van der Waals surface area contributed by atoms with Gasteiger partial charge in [-0.25, -0.2) is 0 Å². The molecule has 3 rings (SSSR count). The van der Waals surface area contributed by atoms with E-state index >= 15 is 0 Å². The Hall–Kier alpha value is -2.57. The van der Waals surface area contributed by atoms with Gasteiger partial charge in [0.25, 0.3) is 0 Å². The number of guanidine groups is 1. The summed E-state index contributed by atoms with van der Waals surface area (Å²) in [6.45, 7) is 6.93. The predicted molar refractivity (Wildman–Crippen MR) is 118 cm³/mol. The van der Waals surface area contributed by atoms with Crippen LogP contribution in [-0.4, -0.2) is 57.9 Å². The first-order valence-electron chi connectivity index (χ1n) is 10.2. The van der Waals surface area contributed by atoms with Crippen molar-refractivity contribution >= 4 is 5.96 Å². The predicted octanol–water partition coefficient (Wildman–Crippen LogP) is 2.74. The van der Waals surface area contributed by atoms with Gasteiger partial charge in [-0.05, 0) is 24.1 Å². The summed E-state index contributed by atoms with van der Waals surface area (Å²) >= 11 is 0. The maximum Gasteiger partial charge on any atom is 0.191 e. The third-order valence-corrected chi connectivity index (χ3v) is 5.25. The number of nitrogens with zero attached hydrogens (tertiary/aromatic N) is 2. The average Bonchev–Trinajstić information content (AvgIpc) is 2.78. The Balaban J connectivity index is 1.63. The second-order valence-electron chi connectivity index (χ2n) is 7.20. The molecule has 1 aliphatic rings. The van der Waals surface area contributed by atoms with E-state index in [1.807, 2.05) is 0 Å². The van der Waals surface area contributed by atoms with Crippen LogP contribution in [0.4, 0.5) is 0 Å². The second-order valence-corrected chi connectivity index (χ2v) is 7.20. The number of hydrogen-bond donors (Lipinski definition) is 2. The van der Waals surface area contributed by atoms with E-state index in [0.717, 1.165) is 50.1 Å². The first-order valence-corrected chi connectivity index (χ1v) is 10.2. The smallest absolute Gasteiger partial charge is 0.191 e. The Bertz CT molecular complexity index is 789. The van der Waals surface area contributed by atoms with Gasteiger partial charge in [0.15, 0.2) is 5.96 Å². The fourth-order valence-electron chi connectivity index (χ4n) is 3.61. The Morgan fingerprint density at radius 3 is 2.59 bits per heavy atom. The van der Waals surface area contributed by atoms with Gasteiger partial charge in [0, 0.05) is 38.8 Å². The van der Waals surface area contributed by atoms with Crippen molar-refractivity contribution in [3.05, 3.63) is 65.2 Å². The first-order chi connectivity index (χ1) is 14.2. The first kappa shape index (κ1) is 21.1. The Morgan fingerprint density at radius 1 is 1.14 bits per heavy atom. The van der Waals surface area contributed by atoms with Gasteiger partial charge in [-0.2, -0.15) is 0 Å². The van der Waals surface area contributed by atoms with Gasteiger partial charge in [-0.3, -0.25) is 9.89 Å². The van der Waals surface area contributed by atoms with E-state index in [2.05, 4.69) is 76.0 Å². The largest absolute Gasteiger partial charge is 0.496 e. The lowest BCUT2D eigenvalue weighted by atomic mass is 10.0. The molecule has 0 saturated carbocycles. The Kier molecular flexibility index (Phi) is 7.90. The molecule has 156 valence electrons. The van der Waals surface area contributed by atoms with Crippen molar-refractivity contribution in [2.45, 2.75) is 19.5 Å². The fraction of sp³-hybridized carbons (Fsp3) is 0.435. The van der Waals surface area contributed by atoms with Crippen LogP contribution >= 0.6 is 0 Å². The number of nitrogens with one attached hydrogen (secondary N) is 2. The van der Waals surface area contributed by atoms with Crippen molar-refractivity contribution in [3.8, 4) is 5.75 Å². The summed E-state index contributed by atoms with van der Waals surface area (Å²) in [6.07, 6.45) is 0. The molecule has 0 aromatic heterocycles. The molecule has 1 heterocycles. The zero-order valence-corrected chi connectivity index (χ0v) is 17.6. The van der Waals surface area contributed by atoms with Crippen LogP contribution in [0.5, 0.6) is 5.75 Å². The molecule has 6 nitrogen and oxygen atoms in total. The number of ether oxygens (including phenoxy) is 2. The Morgan fingerprint density at radius 2 is 1.90 bits per heavy atom. The van der Waals surface area contributed by atoms with Crippen LogP contribution in [0.25, 0.3) is 0 Å². The Labute approximate surface area is 173 Å². The van der Waals surface area contributed by atoms with Crippen molar-refractivity contribution in [2.75, 3.05) is 47.0 Å². The summed E-state index contributed by atoms with van der Waals surface area (Å²) in [5.74, 6) is 1.67. The molecule has 1 atom stereocenters. The zero-order valence-electron chi connectivity index (χ0n) is 17.6. The normalized spacial score (nSPS) is 16.3. The molecule has 0 aliphatic carbocycles. The van der Waals surface area contributed by atoms with E-state index in [4.69, 9.17) is 9.47 Å². The van der Waals surface area contributed by atoms with Crippen molar-refractivity contribution in [3.63, 3.8) is 0 Å². The summed E-state index contributed by atoms with van der Waals surface area (Å²) in [6, 6.07) is 17.1. The van der Waals surface area contributed by atoms with E-state index in [9.17, 15) is 0 Å². The molecular formula is C23H32N4O2. The van der Waals surface area contributed by atoms with Crippen LogP contribution in [0.15, 0.2) is 53.5 Å². The summed E-state index contributed by atoms with van der Waals surface area (Å²) < 4.78 is 11.0. The highest BCUT2D eigenvalue weighted by Gasteiger charge is 2.22. The van der Waals surface area contributed by atoms with Gasteiger partial charge in [0.1, 0.15) is 5.75 Å². The monoisotopic (exact) mass is 396 g/mol. The SMILES string of the molecule is CN=C(NCc1ccc(C)cc1OC)NCC(c1ccccc1)N1CCOCC1. The van der Waals surface area contributed by atoms with Crippen LogP contribution in [0.2, 0.25) is 0 Å². The van der Waals surface area contributed by atoms with E-state index < -0.39 is 0 Å². The van der Waals surface area contributed by atoms with Gasteiger partial charge in [0.2, 0.25) is 0 Å². The number of rotatable bonds is 7. The molecule has 2 aromatic rings. The lowest BCUT2D eigenvalue weighted by molar-refractivity contribution is 0.0170. The fourth-order valence-corrected chi connectivity index (χ4v) is 3.61. The number of aliphatic imine (C=N–C) groups is 1. The average molecular weight is 397 g/mol. The van der Waals surface area contributed by atoms with Gasteiger partial charge < -0.3 is 20.1 Å². The van der Waals surface area contributed by atoms with E-state index in [-0.39, 0.29) is 6.04 Å². The molecule has 1 unspecified atom stereocenters. The van der Waals surface area contributed by atoms with Gasteiger partial charge in [-0.1, -0.05) is 42.5 Å². The summed E-state index contributed by atoms with van der Waals surface area (Å²) in [4.78, 5) is 6.87. The third-order valence-electron chi connectivity index (χ3n) is 5.25. The molecule has 6 heteroatoms. The lowest BCUT2D eigenvalue weighted by Crippen LogP contribution is -2.46. The molecule has 0 radical (unpaired) electrons. The van der Waals surface area contributed by atoms with Crippen LogP contribution in [0.1, 0.15) is 22.7 Å².